The van der Waals surface area contributed by atoms with Gasteiger partial charge in [0, 0.05) is 38.5 Å². The number of carbonyl (C=O) groups is 3. The highest BCUT2D eigenvalue weighted by Crippen LogP contribution is 2.39. The lowest BCUT2D eigenvalue weighted by Crippen LogP contribution is -2.61. The Morgan fingerprint density at radius 3 is 1.98 bits per heavy atom. The van der Waals surface area contributed by atoms with E-state index in [-0.39, 0.29) is 54.8 Å². The molecule has 2 aliphatic heterocycles. The number of nitrogens with zero attached hydrogens (tertiary/aromatic N) is 2. The van der Waals surface area contributed by atoms with Gasteiger partial charge in [0.25, 0.3) is 0 Å². The third kappa shape index (κ3) is 10.7. The number of hydrogen-bond acceptors (Lipinski definition) is 6. The Bertz CT molecular complexity index is 2230. The van der Waals surface area contributed by atoms with Gasteiger partial charge >= 0.3 is 0 Å². The summed E-state index contributed by atoms with van der Waals surface area (Å²) >= 11 is 0. The number of amides is 3. The second kappa shape index (κ2) is 20.5. The third-order valence-corrected chi connectivity index (χ3v) is 12.9. The molecule has 0 saturated carbocycles. The number of hydrogen-bond donors (Lipinski definition) is 3. The monoisotopic (exact) mass is 856 g/mol. The van der Waals surface area contributed by atoms with Gasteiger partial charge in [-0.05, 0) is 78.1 Å². The van der Waals surface area contributed by atoms with Gasteiger partial charge in [-0.1, -0.05) is 129 Å². The van der Waals surface area contributed by atoms with Crippen LogP contribution in [0.25, 0.3) is 0 Å². The second-order valence-electron chi connectivity index (χ2n) is 17.1. The van der Waals surface area contributed by atoms with Gasteiger partial charge < -0.3 is 25.4 Å². The topological polar surface area (TPSA) is 111 Å². The second-order valence-corrected chi connectivity index (χ2v) is 17.1. The number of nitrogens with one attached hydrogen (secondary N) is 2. The molecule has 3 N–H and O–H groups in total. The molecule has 5 aromatic carbocycles. The van der Waals surface area contributed by atoms with Crippen LogP contribution < -0.4 is 15.4 Å². The van der Waals surface area contributed by atoms with Crippen molar-refractivity contribution in [3.8, 4) is 5.75 Å². The van der Waals surface area contributed by atoms with Crippen LogP contribution in [-0.4, -0.2) is 81.6 Å². The van der Waals surface area contributed by atoms with E-state index in [9.17, 15) is 23.5 Å². The molecule has 2 unspecified atom stereocenters. The molecule has 0 radical (unpaired) electrons. The summed E-state index contributed by atoms with van der Waals surface area (Å²) in [5.41, 5.74) is 2.02. The van der Waals surface area contributed by atoms with Gasteiger partial charge in [0.1, 0.15) is 35.1 Å². The van der Waals surface area contributed by atoms with Crippen molar-refractivity contribution in [2.75, 3.05) is 13.1 Å². The van der Waals surface area contributed by atoms with Crippen molar-refractivity contribution in [2.45, 2.75) is 101 Å². The van der Waals surface area contributed by atoms with Crippen molar-refractivity contribution in [1.82, 2.24) is 20.4 Å². The SMILES string of the molecule is CC[C@@H](C)C1(NC(C)=O)CCN(C(CCc2ccccc2)C(=O)N[C@@H](Cc2cc(F)cc(F)c2)[C@H](O)[C@H]2C[C@@H](Oc3ccccc3)CN2C(c2ccccc2)c2ccccc2)C1=O. The number of likely N-dealkylation sites (tertiary alicyclic amines) is 2. The number of para-hydroxylation sites is 1. The Morgan fingerprint density at radius 1 is 0.841 bits per heavy atom. The number of aryl methyl sites for hydroxylation is 1. The third-order valence-electron chi connectivity index (χ3n) is 12.9. The molecular weight excluding hydrogens is 799 g/mol. The van der Waals surface area contributed by atoms with E-state index in [1.165, 1.54) is 19.1 Å². The average molecular weight is 857 g/mol. The zero-order chi connectivity index (χ0) is 44.5. The first kappa shape index (κ1) is 45.1. The number of benzene rings is 5. The van der Waals surface area contributed by atoms with Crippen molar-refractivity contribution in [3.05, 3.63) is 173 Å². The lowest BCUT2D eigenvalue weighted by atomic mass is 9.81. The summed E-state index contributed by atoms with van der Waals surface area (Å²) in [6.45, 7) is 5.93. The number of ether oxygens (including phenoxy) is 1. The summed E-state index contributed by atoms with van der Waals surface area (Å²) in [4.78, 5) is 46.1. The van der Waals surface area contributed by atoms with Gasteiger partial charge in [-0.2, -0.15) is 0 Å². The molecule has 2 fully saturated rings. The van der Waals surface area contributed by atoms with Crippen LogP contribution in [0.5, 0.6) is 5.75 Å². The van der Waals surface area contributed by atoms with Crippen molar-refractivity contribution >= 4 is 17.7 Å². The molecule has 7 rings (SSSR count). The summed E-state index contributed by atoms with van der Waals surface area (Å²) in [5, 5.41) is 19.0. The number of aliphatic hydroxyl groups excluding tert-OH is 1. The van der Waals surface area contributed by atoms with E-state index in [2.05, 4.69) is 15.5 Å². The van der Waals surface area contributed by atoms with Gasteiger partial charge in [0.15, 0.2) is 0 Å². The maximum absolute atomic E-state index is 15.1. The highest BCUT2D eigenvalue weighted by atomic mass is 19.1. The van der Waals surface area contributed by atoms with E-state index >= 15 is 4.79 Å². The lowest BCUT2D eigenvalue weighted by molar-refractivity contribution is -0.144. The fraction of sp³-hybridized carbons (Fsp3) is 0.365. The van der Waals surface area contributed by atoms with Gasteiger partial charge in [-0.25, -0.2) is 8.78 Å². The maximum Gasteiger partial charge on any atom is 0.249 e. The van der Waals surface area contributed by atoms with Crippen LogP contribution in [0.3, 0.4) is 0 Å². The van der Waals surface area contributed by atoms with Crippen LogP contribution in [0, 0.1) is 17.6 Å². The highest BCUT2D eigenvalue weighted by molar-refractivity contribution is 5.96. The fourth-order valence-electron chi connectivity index (χ4n) is 9.69. The molecule has 9 nitrogen and oxygen atoms in total. The molecule has 330 valence electrons. The smallest absolute Gasteiger partial charge is 0.249 e. The molecule has 0 spiro atoms. The van der Waals surface area contributed by atoms with Gasteiger partial charge in [0.2, 0.25) is 17.7 Å². The molecule has 2 saturated heterocycles. The first-order valence-corrected chi connectivity index (χ1v) is 22.1. The first-order valence-electron chi connectivity index (χ1n) is 22.1. The summed E-state index contributed by atoms with van der Waals surface area (Å²) in [5.74, 6) is -2.26. The molecule has 3 amide bonds. The first-order chi connectivity index (χ1) is 30.4. The van der Waals surface area contributed by atoms with Crippen LogP contribution in [0.15, 0.2) is 140 Å². The minimum atomic E-state index is -1.29. The van der Waals surface area contributed by atoms with Crippen molar-refractivity contribution in [2.24, 2.45) is 5.92 Å². The number of halogens is 2. The van der Waals surface area contributed by atoms with E-state index in [1.807, 2.05) is 135 Å². The van der Waals surface area contributed by atoms with Crippen molar-refractivity contribution in [3.63, 3.8) is 0 Å². The van der Waals surface area contributed by atoms with E-state index in [4.69, 9.17) is 4.74 Å². The van der Waals surface area contributed by atoms with E-state index in [0.717, 1.165) is 22.8 Å². The summed E-state index contributed by atoms with van der Waals surface area (Å²) in [6.07, 6.45) is 0.263. The summed E-state index contributed by atoms with van der Waals surface area (Å²) in [6, 6.07) is 39.4. The summed E-state index contributed by atoms with van der Waals surface area (Å²) in [7, 11) is 0. The van der Waals surface area contributed by atoms with Crippen molar-refractivity contribution < 1.29 is 33.0 Å². The highest BCUT2D eigenvalue weighted by Gasteiger charge is 2.53. The molecule has 2 heterocycles. The van der Waals surface area contributed by atoms with E-state index < -0.39 is 47.3 Å². The molecule has 63 heavy (non-hydrogen) atoms. The summed E-state index contributed by atoms with van der Waals surface area (Å²) < 4.78 is 36.3. The van der Waals surface area contributed by atoms with Crippen molar-refractivity contribution in [1.29, 1.82) is 0 Å². The average Bonchev–Trinajstić information content (AvgIpc) is 3.84. The Labute approximate surface area is 369 Å². The minimum absolute atomic E-state index is 0.112. The normalized spacial score (nSPS) is 20.9. The molecule has 11 heteroatoms. The zero-order valence-electron chi connectivity index (χ0n) is 36.2. The maximum atomic E-state index is 15.1. The molecule has 0 aliphatic carbocycles. The Hall–Kier alpha value is -5.91. The molecule has 0 aromatic heterocycles. The standard InChI is InChI=1S/C52H58F2N4O5/c1-4-35(2)52(56-36(3)59)27-28-57(51(52)62)46(26-25-37-17-9-5-10-18-37)50(61)55-45(31-38-29-41(53)32-42(54)30-38)49(60)47-33-44(63-43-23-15-8-16-24-43)34-58(47)48(39-19-11-6-12-20-39)40-21-13-7-14-22-40/h5-24,29-30,32,35,44-49,60H,4,25-28,31,33-34H2,1-3H3,(H,55,61)(H,56,59)/t35-,44-,45+,46?,47-,49+,52?/m1/s1. The van der Waals surface area contributed by atoms with Crippen LogP contribution >= 0.6 is 0 Å². The minimum Gasteiger partial charge on any atom is -0.489 e. The van der Waals surface area contributed by atoms with Crippen LogP contribution in [0.4, 0.5) is 8.78 Å². The Kier molecular flexibility index (Phi) is 14.7. The van der Waals surface area contributed by atoms with Gasteiger partial charge in [0.05, 0.1) is 18.2 Å². The largest absolute Gasteiger partial charge is 0.489 e. The Morgan fingerprint density at radius 2 is 1.41 bits per heavy atom. The van der Waals surface area contributed by atoms with Crippen LogP contribution in [-0.2, 0) is 27.2 Å². The van der Waals surface area contributed by atoms with E-state index in [1.54, 1.807) is 4.90 Å². The van der Waals surface area contributed by atoms with Crippen LogP contribution in [0.1, 0.15) is 74.8 Å². The quantitative estimate of drug-likeness (QED) is 0.0830. The van der Waals surface area contributed by atoms with Gasteiger partial charge in [-0.15, -0.1) is 0 Å². The number of aliphatic hydroxyl groups is 1. The lowest BCUT2D eigenvalue weighted by Gasteiger charge is -2.39. The molecule has 5 aromatic rings. The molecular formula is C52H58F2N4O5. The fourth-order valence-corrected chi connectivity index (χ4v) is 9.69. The number of carbonyl (C=O) groups excluding carboxylic acids is 3. The molecule has 2 aliphatic rings. The van der Waals surface area contributed by atoms with E-state index in [0.29, 0.717) is 38.0 Å². The van der Waals surface area contributed by atoms with Gasteiger partial charge in [-0.3, -0.25) is 19.3 Å². The zero-order valence-corrected chi connectivity index (χ0v) is 36.2. The predicted octanol–water partition coefficient (Wildman–Crippen LogP) is 7.82. The number of rotatable bonds is 18. The van der Waals surface area contributed by atoms with Crippen LogP contribution in [0.2, 0.25) is 0 Å². The molecule has 7 atom stereocenters. The Balaban J connectivity index is 1.27. The predicted molar refractivity (Wildman–Crippen MR) is 240 cm³/mol. The molecule has 0 bridgehead atoms.